The topological polar surface area (TPSA) is 217 Å². The standard InChI is InChI=1S/C41H72O14/c1-20(2)22(12-15-52-37-35(30(45)26(44)18-53-37)55-38-34(51-7)31(46)27(50-6)19-54-38)9-8-21(3)29-32(47)33(48)36-40(29,5)14-11-28-39(4)13-10-23(42)16-24(39)25(43)17-41(28,36)49/h20-38,42-49H,8-19H2,1-7H3/t21-,22-,23+,24-,25+,26-,27-,28-,29+,30+,31+,32-,33-,34-,35-,36-,37-,38+,39+,40-,41+/m1/s1. The van der Waals surface area contributed by atoms with Gasteiger partial charge >= 0.3 is 0 Å². The molecular formula is C41H72O14. The lowest BCUT2D eigenvalue weighted by Gasteiger charge is -2.65. The van der Waals surface area contributed by atoms with Gasteiger partial charge in [0, 0.05) is 26.6 Å². The summed E-state index contributed by atoms with van der Waals surface area (Å²) >= 11 is 0. The van der Waals surface area contributed by atoms with Crippen molar-refractivity contribution in [2.45, 2.75) is 172 Å². The second kappa shape index (κ2) is 17.2. The number of rotatable bonds is 13. The molecule has 2 aliphatic heterocycles. The van der Waals surface area contributed by atoms with E-state index in [-0.39, 0.29) is 61.2 Å². The van der Waals surface area contributed by atoms with E-state index in [1.807, 2.05) is 0 Å². The molecule has 2 heterocycles. The minimum Gasteiger partial charge on any atom is -0.393 e. The molecular weight excluding hydrogens is 716 g/mol. The van der Waals surface area contributed by atoms with E-state index in [0.717, 1.165) is 32.1 Å². The highest BCUT2D eigenvalue weighted by molar-refractivity contribution is 5.21. The van der Waals surface area contributed by atoms with Gasteiger partial charge in [0.15, 0.2) is 12.6 Å². The number of aliphatic hydroxyl groups is 8. The van der Waals surface area contributed by atoms with Crippen molar-refractivity contribution in [3.63, 3.8) is 0 Å². The number of fused-ring (bicyclic) bond motifs is 5. The Morgan fingerprint density at radius 3 is 2.09 bits per heavy atom. The first-order chi connectivity index (χ1) is 25.9. The van der Waals surface area contributed by atoms with Crippen LogP contribution in [0, 0.1) is 52.3 Å². The van der Waals surface area contributed by atoms with Gasteiger partial charge in [0.2, 0.25) is 0 Å². The Kier molecular flexibility index (Phi) is 13.8. The van der Waals surface area contributed by atoms with Crippen LogP contribution in [0.1, 0.15) is 92.4 Å². The summed E-state index contributed by atoms with van der Waals surface area (Å²) in [6.07, 6.45) is -5.79. The lowest BCUT2D eigenvalue weighted by Crippen LogP contribution is -2.68. The fourth-order valence-corrected chi connectivity index (χ4v) is 12.9. The van der Waals surface area contributed by atoms with Crippen molar-refractivity contribution >= 4 is 0 Å². The number of aliphatic hydroxyl groups excluding tert-OH is 7. The Bertz CT molecular complexity index is 1260. The molecule has 14 nitrogen and oxygen atoms in total. The predicted molar refractivity (Wildman–Crippen MR) is 198 cm³/mol. The largest absolute Gasteiger partial charge is 0.393 e. The predicted octanol–water partition coefficient (Wildman–Crippen LogP) is 1.34. The third-order valence-corrected chi connectivity index (χ3v) is 15.9. The van der Waals surface area contributed by atoms with Gasteiger partial charge in [0.25, 0.3) is 0 Å². The van der Waals surface area contributed by atoms with Crippen molar-refractivity contribution in [3.05, 3.63) is 0 Å². The molecule has 0 amide bonds. The van der Waals surface area contributed by atoms with Crippen molar-refractivity contribution in [1.29, 1.82) is 0 Å². The van der Waals surface area contributed by atoms with E-state index in [4.69, 9.17) is 28.4 Å². The van der Waals surface area contributed by atoms with Gasteiger partial charge in [-0.2, -0.15) is 0 Å². The van der Waals surface area contributed by atoms with Gasteiger partial charge in [-0.05, 0) is 91.3 Å². The van der Waals surface area contributed by atoms with Gasteiger partial charge < -0.3 is 69.3 Å². The van der Waals surface area contributed by atoms with Gasteiger partial charge in [0.05, 0.1) is 49.8 Å². The molecule has 0 radical (unpaired) electrons. The van der Waals surface area contributed by atoms with E-state index in [9.17, 15) is 40.9 Å². The van der Waals surface area contributed by atoms with Crippen LogP contribution < -0.4 is 0 Å². The highest BCUT2D eigenvalue weighted by Gasteiger charge is 2.72. The second-order valence-corrected chi connectivity index (χ2v) is 19.1. The summed E-state index contributed by atoms with van der Waals surface area (Å²) in [5.74, 6) is -0.466. The molecule has 0 bridgehead atoms. The molecule has 0 spiro atoms. The fourth-order valence-electron chi connectivity index (χ4n) is 12.9. The first-order valence-electron chi connectivity index (χ1n) is 21.0. The van der Waals surface area contributed by atoms with Crippen LogP contribution in [-0.4, -0.2) is 154 Å². The summed E-state index contributed by atoms with van der Waals surface area (Å²) in [6.45, 7) is 10.9. The number of methoxy groups -OCH3 is 2. The zero-order valence-electron chi connectivity index (χ0n) is 34.0. The van der Waals surface area contributed by atoms with Gasteiger partial charge in [-0.3, -0.25) is 0 Å². The van der Waals surface area contributed by atoms with Crippen LogP contribution in [0.3, 0.4) is 0 Å². The average Bonchev–Trinajstić information content (AvgIpc) is 3.34. The van der Waals surface area contributed by atoms with E-state index in [1.54, 1.807) is 0 Å². The van der Waals surface area contributed by atoms with E-state index < -0.39 is 90.6 Å². The number of ether oxygens (including phenoxy) is 6. The molecule has 6 rings (SSSR count). The van der Waals surface area contributed by atoms with Crippen LogP contribution in [0.4, 0.5) is 0 Å². The minimum absolute atomic E-state index is 0.0389. The third-order valence-electron chi connectivity index (χ3n) is 15.9. The van der Waals surface area contributed by atoms with Crippen molar-refractivity contribution in [3.8, 4) is 0 Å². The zero-order chi connectivity index (χ0) is 40.2. The molecule has 2 saturated heterocycles. The van der Waals surface area contributed by atoms with Gasteiger partial charge in [-0.15, -0.1) is 0 Å². The molecule has 8 N–H and O–H groups in total. The van der Waals surface area contributed by atoms with Crippen molar-refractivity contribution in [1.82, 2.24) is 0 Å². The molecule has 6 fully saturated rings. The first kappa shape index (κ1) is 44.0. The van der Waals surface area contributed by atoms with Crippen LogP contribution in [0.2, 0.25) is 0 Å². The Morgan fingerprint density at radius 1 is 0.727 bits per heavy atom. The molecule has 6 aliphatic rings. The maximum atomic E-state index is 12.7. The highest BCUT2D eigenvalue weighted by Crippen LogP contribution is 2.70. The van der Waals surface area contributed by atoms with Gasteiger partial charge in [-0.1, -0.05) is 41.0 Å². The third kappa shape index (κ3) is 7.94. The highest BCUT2D eigenvalue weighted by atomic mass is 16.8. The Morgan fingerprint density at radius 2 is 1.42 bits per heavy atom. The van der Waals surface area contributed by atoms with Crippen LogP contribution in [0.25, 0.3) is 0 Å². The minimum atomic E-state index is -1.33. The van der Waals surface area contributed by atoms with E-state index in [0.29, 0.717) is 25.2 Å². The maximum absolute atomic E-state index is 12.7. The van der Waals surface area contributed by atoms with Crippen molar-refractivity contribution < 1.29 is 69.3 Å². The summed E-state index contributed by atoms with van der Waals surface area (Å²) in [5, 5.41) is 90.1. The van der Waals surface area contributed by atoms with Crippen LogP contribution in [0.5, 0.6) is 0 Å². The van der Waals surface area contributed by atoms with Crippen LogP contribution in [0.15, 0.2) is 0 Å². The molecule has 0 unspecified atom stereocenters. The summed E-state index contributed by atoms with van der Waals surface area (Å²) in [4.78, 5) is 0. The van der Waals surface area contributed by atoms with Crippen molar-refractivity contribution in [2.75, 3.05) is 34.0 Å². The Balaban J connectivity index is 1.08. The molecule has 0 aromatic rings. The Hall–Kier alpha value is -0.560. The summed E-state index contributed by atoms with van der Waals surface area (Å²) in [6, 6.07) is 0. The monoisotopic (exact) mass is 788 g/mol. The van der Waals surface area contributed by atoms with Crippen molar-refractivity contribution in [2.24, 2.45) is 52.3 Å². The van der Waals surface area contributed by atoms with Gasteiger partial charge in [-0.25, -0.2) is 0 Å². The van der Waals surface area contributed by atoms with Crippen LogP contribution in [-0.2, 0) is 28.4 Å². The van der Waals surface area contributed by atoms with E-state index in [2.05, 4.69) is 34.6 Å². The molecule has 14 heteroatoms. The maximum Gasteiger partial charge on any atom is 0.187 e. The molecule has 4 aliphatic carbocycles. The quantitative estimate of drug-likeness (QED) is 0.132. The molecule has 320 valence electrons. The molecule has 0 aromatic carbocycles. The number of hydrogen-bond donors (Lipinski definition) is 8. The zero-order valence-corrected chi connectivity index (χ0v) is 34.0. The molecule has 4 saturated carbocycles. The molecule has 21 atom stereocenters. The van der Waals surface area contributed by atoms with E-state index >= 15 is 0 Å². The SMILES string of the molecule is CO[C@H]1[C@H](O[C@H]2[C@H](OCC[C@@H](CC[C@@H](C)[C@H]3[C@@H](O)[C@@H](O)[C@@H]4[C@]3(C)CC[C@@H]3[C@@]5(C)CC[C@H](O)C[C@@H]5[C@@H](O)C[C@]34O)C(C)C)OC[C@@H](O)[C@@H]2O)OC[C@@H](OC)[C@@H]1O. The average molecular weight is 789 g/mol. The normalized spacial score (nSPS) is 51.3. The molecule has 55 heavy (non-hydrogen) atoms. The van der Waals surface area contributed by atoms with Gasteiger partial charge in [0.1, 0.15) is 36.6 Å². The first-order valence-corrected chi connectivity index (χ1v) is 21.0. The Labute approximate surface area is 326 Å². The van der Waals surface area contributed by atoms with Crippen LogP contribution >= 0.6 is 0 Å². The summed E-state index contributed by atoms with van der Waals surface area (Å²) in [7, 11) is 2.88. The fraction of sp³-hybridized carbons (Fsp3) is 1.00. The lowest BCUT2D eigenvalue weighted by molar-refractivity contribution is -0.346. The lowest BCUT2D eigenvalue weighted by atomic mass is 9.42. The summed E-state index contributed by atoms with van der Waals surface area (Å²) < 4.78 is 34.6. The molecule has 0 aromatic heterocycles. The van der Waals surface area contributed by atoms with E-state index in [1.165, 1.54) is 14.2 Å². The smallest absolute Gasteiger partial charge is 0.187 e. The second-order valence-electron chi connectivity index (χ2n) is 19.1. The number of hydrogen-bond acceptors (Lipinski definition) is 14. The summed E-state index contributed by atoms with van der Waals surface area (Å²) in [5.41, 5.74) is -2.20.